The highest BCUT2D eigenvalue weighted by molar-refractivity contribution is 7.80. The van der Waals surface area contributed by atoms with Crippen molar-refractivity contribution < 1.29 is 0 Å². The maximum atomic E-state index is 4.92. The van der Waals surface area contributed by atoms with Crippen LogP contribution in [0.4, 0.5) is 0 Å². The third-order valence-corrected chi connectivity index (χ3v) is 2.62. The first kappa shape index (κ1) is 12.8. The van der Waals surface area contributed by atoms with E-state index in [1.165, 1.54) is 11.1 Å². The molecule has 0 saturated carbocycles. The molecule has 1 N–H and O–H groups in total. The van der Waals surface area contributed by atoms with E-state index in [1.807, 2.05) is 13.8 Å². The summed E-state index contributed by atoms with van der Waals surface area (Å²) in [5.74, 6) is 0. The van der Waals surface area contributed by atoms with E-state index in [0.717, 1.165) is 17.7 Å². The Labute approximate surface area is 103 Å². The van der Waals surface area contributed by atoms with Crippen LogP contribution in [0.2, 0.25) is 0 Å². The van der Waals surface area contributed by atoms with Gasteiger partial charge in [-0.15, -0.1) is 0 Å². The first-order valence-corrected chi connectivity index (χ1v) is 5.86. The molecule has 0 heterocycles. The van der Waals surface area contributed by atoms with Crippen molar-refractivity contribution in [1.82, 2.24) is 5.43 Å². The summed E-state index contributed by atoms with van der Waals surface area (Å²) < 4.78 is 0. The molecule has 0 radical (unpaired) electrons. The quantitative estimate of drug-likeness (QED) is 0.493. The summed E-state index contributed by atoms with van der Waals surface area (Å²) in [4.78, 5) is 0.683. The van der Waals surface area contributed by atoms with Crippen LogP contribution in [0.15, 0.2) is 23.3 Å². The lowest BCUT2D eigenvalue weighted by Gasteiger charge is -2.07. The fraction of sp³-hybridized carbons (Fsp3) is 0.385. The monoisotopic (exact) mass is 234 g/mol. The van der Waals surface area contributed by atoms with Crippen LogP contribution in [-0.2, 0) is 6.42 Å². The molecule has 1 rings (SSSR count). The number of nitrogens with zero attached hydrogens (tertiary/aromatic N) is 1. The summed E-state index contributed by atoms with van der Waals surface area (Å²) in [6, 6.07) is 6.42. The number of rotatable bonds is 3. The zero-order valence-corrected chi connectivity index (χ0v) is 11.1. The fourth-order valence-electron chi connectivity index (χ4n) is 1.50. The van der Waals surface area contributed by atoms with Gasteiger partial charge in [0.1, 0.15) is 0 Å². The Kier molecular flexibility index (Phi) is 4.62. The van der Waals surface area contributed by atoms with Gasteiger partial charge in [-0.05, 0) is 49.9 Å². The van der Waals surface area contributed by atoms with E-state index in [4.69, 9.17) is 12.2 Å². The topological polar surface area (TPSA) is 24.4 Å². The molecule has 3 heteroatoms. The molecule has 0 aliphatic carbocycles. The summed E-state index contributed by atoms with van der Waals surface area (Å²) in [7, 11) is 0. The zero-order valence-electron chi connectivity index (χ0n) is 10.3. The van der Waals surface area contributed by atoms with Crippen molar-refractivity contribution in [3.05, 3.63) is 34.9 Å². The van der Waals surface area contributed by atoms with E-state index in [9.17, 15) is 0 Å². The van der Waals surface area contributed by atoms with Gasteiger partial charge in [0, 0.05) is 0 Å². The minimum Gasteiger partial charge on any atom is -0.272 e. The molecule has 1 aromatic rings. The smallest absolute Gasteiger partial charge is 0.0930 e. The van der Waals surface area contributed by atoms with Gasteiger partial charge < -0.3 is 0 Å². The molecule has 0 spiro atoms. The van der Waals surface area contributed by atoms with Gasteiger partial charge in [0.2, 0.25) is 0 Å². The lowest BCUT2D eigenvalue weighted by molar-refractivity contribution is 1.03. The minimum atomic E-state index is 0.683. The molecule has 0 aliphatic heterocycles. The van der Waals surface area contributed by atoms with Crippen molar-refractivity contribution in [2.45, 2.75) is 34.1 Å². The first-order chi connectivity index (χ1) is 7.54. The van der Waals surface area contributed by atoms with E-state index >= 15 is 0 Å². The van der Waals surface area contributed by atoms with Crippen LogP contribution in [0.5, 0.6) is 0 Å². The Morgan fingerprint density at radius 2 is 2.06 bits per heavy atom. The van der Waals surface area contributed by atoms with Crippen molar-refractivity contribution in [3.8, 4) is 0 Å². The zero-order chi connectivity index (χ0) is 12.1. The molecule has 0 unspecified atom stereocenters. The third-order valence-electron chi connectivity index (χ3n) is 2.53. The van der Waals surface area contributed by atoms with Gasteiger partial charge in [-0.25, -0.2) is 0 Å². The molecule has 0 atom stereocenters. The van der Waals surface area contributed by atoms with E-state index in [0.29, 0.717) is 4.99 Å². The predicted octanol–water partition coefficient (Wildman–Crippen LogP) is 3.22. The molecule has 0 aromatic heterocycles. The van der Waals surface area contributed by atoms with E-state index in [2.05, 4.69) is 42.6 Å². The van der Waals surface area contributed by atoms with Gasteiger partial charge >= 0.3 is 0 Å². The van der Waals surface area contributed by atoms with Crippen LogP contribution in [0.3, 0.4) is 0 Å². The first-order valence-electron chi connectivity index (χ1n) is 5.45. The highest BCUT2D eigenvalue weighted by Gasteiger charge is 2.01. The number of hydrogen-bond acceptors (Lipinski definition) is 2. The second-order valence-electron chi connectivity index (χ2n) is 3.86. The van der Waals surface area contributed by atoms with Gasteiger partial charge in [0.05, 0.1) is 10.7 Å². The Bertz CT molecular complexity index is 422. The van der Waals surface area contributed by atoms with Crippen LogP contribution < -0.4 is 5.43 Å². The molecule has 0 bridgehead atoms. The molecule has 16 heavy (non-hydrogen) atoms. The molecular formula is C13H18N2S. The maximum absolute atomic E-state index is 4.92. The Morgan fingerprint density at radius 1 is 1.38 bits per heavy atom. The lowest BCUT2D eigenvalue weighted by Crippen LogP contribution is -2.13. The van der Waals surface area contributed by atoms with Crippen LogP contribution in [0, 0.1) is 6.92 Å². The number of hydrazone groups is 1. The molecule has 0 amide bonds. The lowest BCUT2D eigenvalue weighted by atomic mass is 10.0. The van der Waals surface area contributed by atoms with Crippen LogP contribution >= 0.6 is 12.2 Å². The van der Waals surface area contributed by atoms with Crippen molar-refractivity contribution in [3.63, 3.8) is 0 Å². The van der Waals surface area contributed by atoms with Crippen LogP contribution in [0.1, 0.15) is 37.5 Å². The standard InChI is InChI=1S/C13H18N2S/c1-5-12-8-13(7-6-9(12)2)10(3)14-15-11(4)16/h6-8H,5H2,1-4H3,(H,15,16)/b14-10+. The summed E-state index contributed by atoms with van der Waals surface area (Å²) in [6.45, 7) is 8.10. The number of benzene rings is 1. The molecule has 1 aromatic carbocycles. The van der Waals surface area contributed by atoms with Gasteiger partial charge in [-0.3, -0.25) is 5.43 Å². The highest BCUT2D eigenvalue weighted by Crippen LogP contribution is 2.12. The maximum Gasteiger partial charge on any atom is 0.0930 e. The summed E-state index contributed by atoms with van der Waals surface area (Å²) in [6.07, 6.45) is 1.05. The van der Waals surface area contributed by atoms with Crippen molar-refractivity contribution in [2.24, 2.45) is 5.10 Å². The number of nitrogens with one attached hydrogen (secondary N) is 1. The second kappa shape index (κ2) is 5.75. The van der Waals surface area contributed by atoms with E-state index in [1.54, 1.807) is 0 Å². The molecule has 0 aliphatic rings. The number of aryl methyl sites for hydroxylation is 2. The normalized spacial score (nSPS) is 11.4. The molecule has 0 saturated heterocycles. The molecular weight excluding hydrogens is 216 g/mol. The molecule has 0 fully saturated rings. The van der Waals surface area contributed by atoms with Gasteiger partial charge in [-0.2, -0.15) is 5.10 Å². The van der Waals surface area contributed by atoms with E-state index in [-0.39, 0.29) is 0 Å². The number of hydrogen-bond donors (Lipinski definition) is 1. The summed E-state index contributed by atoms with van der Waals surface area (Å²) >= 11 is 4.92. The predicted molar refractivity (Wildman–Crippen MR) is 74.2 cm³/mol. The largest absolute Gasteiger partial charge is 0.272 e. The van der Waals surface area contributed by atoms with Crippen molar-refractivity contribution in [1.29, 1.82) is 0 Å². The summed E-state index contributed by atoms with van der Waals surface area (Å²) in [5.41, 5.74) is 7.62. The highest BCUT2D eigenvalue weighted by atomic mass is 32.1. The molecule has 86 valence electrons. The van der Waals surface area contributed by atoms with Gasteiger partial charge in [-0.1, -0.05) is 31.3 Å². The second-order valence-corrected chi connectivity index (χ2v) is 4.47. The Balaban J connectivity index is 2.95. The van der Waals surface area contributed by atoms with Crippen molar-refractivity contribution in [2.75, 3.05) is 0 Å². The number of thiocarbonyl (C=S) groups is 1. The van der Waals surface area contributed by atoms with Crippen LogP contribution in [0.25, 0.3) is 0 Å². The van der Waals surface area contributed by atoms with Gasteiger partial charge in [0.25, 0.3) is 0 Å². The van der Waals surface area contributed by atoms with Gasteiger partial charge in [0.15, 0.2) is 0 Å². The average molecular weight is 234 g/mol. The van der Waals surface area contributed by atoms with Crippen LogP contribution in [-0.4, -0.2) is 10.7 Å². The SMILES string of the molecule is CCc1cc(/C(C)=N/NC(C)=S)ccc1C. The third kappa shape index (κ3) is 3.42. The Hall–Kier alpha value is -1.22. The van der Waals surface area contributed by atoms with Crippen molar-refractivity contribution >= 4 is 22.9 Å². The average Bonchev–Trinajstić information content (AvgIpc) is 2.26. The minimum absolute atomic E-state index is 0.683. The fourth-order valence-corrected chi connectivity index (χ4v) is 1.55. The molecule has 2 nitrogen and oxygen atoms in total. The Morgan fingerprint density at radius 3 is 2.62 bits per heavy atom. The van der Waals surface area contributed by atoms with E-state index < -0.39 is 0 Å². The summed E-state index contributed by atoms with van der Waals surface area (Å²) in [5, 5.41) is 4.22.